The van der Waals surface area contributed by atoms with Crippen LogP contribution in [0.25, 0.3) is 0 Å². The zero-order valence-corrected chi connectivity index (χ0v) is 9.82. The van der Waals surface area contributed by atoms with Gasteiger partial charge in [-0.3, -0.25) is 0 Å². The zero-order chi connectivity index (χ0) is 11.6. The molecule has 5 nitrogen and oxygen atoms in total. The molecule has 0 radical (unpaired) electrons. The standard InChI is InChI=1S/C10H20N2O3/c1-10(2,3)15-9(13)12-5-7(11)8(6-12)14-4/h7-8H,5-6,11H2,1-4H3/t7-,8-/m0/s1. The van der Waals surface area contributed by atoms with Gasteiger partial charge in [-0.2, -0.15) is 0 Å². The molecule has 0 aliphatic carbocycles. The van der Waals surface area contributed by atoms with Crippen LogP contribution in [0, 0.1) is 0 Å². The van der Waals surface area contributed by atoms with Crippen molar-refractivity contribution in [3.8, 4) is 0 Å². The van der Waals surface area contributed by atoms with Crippen molar-refractivity contribution in [3.63, 3.8) is 0 Å². The second kappa shape index (κ2) is 4.37. The molecule has 0 aromatic heterocycles. The van der Waals surface area contributed by atoms with E-state index in [9.17, 15) is 4.79 Å². The number of rotatable bonds is 1. The van der Waals surface area contributed by atoms with Gasteiger partial charge in [-0.05, 0) is 20.8 Å². The number of nitrogens with zero attached hydrogens (tertiary/aromatic N) is 1. The molecule has 5 heteroatoms. The lowest BCUT2D eigenvalue weighted by molar-refractivity contribution is 0.0252. The lowest BCUT2D eigenvalue weighted by Gasteiger charge is -2.24. The molecule has 1 fully saturated rings. The van der Waals surface area contributed by atoms with E-state index < -0.39 is 5.60 Å². The summed E-state index contributed by atoms with van der Waals surface area (Å²) in [6, 6.07) is -0.123. The molecule has 1 heterocycles. The second-order valence-electron chi connectivity index (χ2n) is 4.82. The molecule has 0 saturated carbocycles. The smallest absolute Gasteiger partial charge is 0.410 e. The summed E-state index contributed by atoms with van der Waals surface area (Å²) in [5.41, 5.74) is 5.34. The van der Waals surface area contributed by atoms with Crippen LogP contribution >= 0.6 is 0 Å². The van der Waals surface area contributed by atoms with E-state index >= 15 is 0 Å². The van der Waals surface area contributed by atoms with Gasteiger partial charge in [0.25, 0.3) is 0 Å². The molecule has 0 aromatic carbocycles. The third-order valence-corrected chi connectivity index (χ3v) is 2.26. The Morgan fingerprint density at radius 1 is 1.40 bits per heavy atom. The SMILES string of the molecule is CO[C@H]1CN(C(=O)OC(C)(C)C)C[C@@H]1N. The van der Waals surface area contributed by atoms with Crippen LogP contribution in [0.15, 0.2) is 0 Å². The van der Waals surface area contributed by atoms with Crippen LogP contribution < -0.4 is 5.73 Å². The van der Waals surface area contributed by atoms with Crippen molar-refractivity contribution in [2.75, 3.05) is 20.2 Å². The summed E-state index contributed by atoms with van der Waals surface area (Å²) in [5, 5.41) is 0. The van der Waals surface area contributed by atoms with Crippen molar-refractivity contribution in [1.82, 2.24) is 4.90 Å². The largest absolute Gasteiger partial charge is 0.444 e. The maximum Gasteiger partial charge on any atom is 0.410 e. The van der Waals surface area contributed by atoms with Crippen molar-refractivity contribution in [2.24, 2.45) is 5.73 Å². The molecule has 0 spiro atoms. The monoisotopic (exact) mass is 216 g/mol. The van der Waals surface area contributed by atoms with E-state index in [2.05, 4.69) is 0 Å². The number of carbonyl (C=O) groups is 1. The van der Waals surface area contributed by atoms with Crippen molar-refractivity contribution >= 4 is 6.09 Å². The zero-order valence-electron chi connectivity index (χ0n) is 9.82. The number of likely N-dealkylation sites (tertiary alicyclic amines) is 1. The molecule has 15 heavy (non-hydrogen) atoms. The lowest BCUT2D eigenvalue weighted by atomic mass is 10.2. The number of methoxy groups -OCH3 is 1. The Bertz CT molecular complexity index is 237. The average molecular weight is 216 g/mol. The second-order valence-corrected chi connectivity index (χ2v) is 4.82. The maximum absolute atomic E-state index is 11.7. The fraction of sp³-hybridized carbons (Fsp3) is 0.900. The van der Waals surface area contributed by atoms with E-state index in [0.29, 0.717) is 13.1 Å². The Hall–Kier alpha value is -0.810. The van der Waals surface area contributed by atoms with Crippen LogP contribution in [-0.4, -0.2) is 48.9 Å². The van der Waals surface area contributed by atoms with Gasteiger partial charge in [0, 0.05) is 13.7 Å². The first kappa shape index (κ1) is 12.3. The Morgan fingerprint density at radius 3 is 2.40 bits per heavy atom. The molecule has 1 aliphatic heterocycles. The topological polar surface area (TPSA) is 64.8 Å². The van der Waals surface area contributed by atoms with Crippen molar-refractivity contribution < 1.29 is 14.3 Å². The van der Waals surface area contributed by atoms with E-state index in [1.54, 1.807) is 12.0 Å². The summed E-state index contributed by atoms with van der Waals surface area (Å²) in [6.07, 6.45) is -0.407. The quantitative estimate of drug-likeness (QED) is 0.696. The predicted octanol–water partition coefficient (Wildman–Crippen LogP) is 0.579. The summed E-state index contributed by atoms with van der Waals surface area (Å²) in [6.45, 7) is 6.53. The molecule has 2 atom stereocenters. The molecule has 1 rings (SSSR count). The Labute approximate surface area is 90.5 Å². The first-order valence-corrected chi connectivity index (χ1v) is 5.10. The van der Waals surface area contributed by atoms with E-state index in [-0.39, 0.29) is 18.2 Å². The fourth-order valence-electron chi connectivity index (χ4n) is 1.52. The van der Waals surface area contributed by atoms with E-state index in [4.69, 9.17) is 15.2 Å². The highest BCUT2D eigenvalue weighted by Crippen LogP contribution is 2.16. The molecular weight excluding hydrogens is 196 g/mol. The fourth-order valence-corrected chi connectivity index (χ4v) is 1.52. The van der Waals surface area contributed by atoms with Gasteiger partial charge in [-0.15, -0.1) is 0 Å². The molecule has 1 amide bonds. The van der Waals surface area contributed by atoms with E-state index in [1.165, 1.54) is 0 Å². The summed E-state index contributed by atoms with van der Waals surface area (Å²) in [7, 11) is 1.60. The summed E-state index contributed by atoms with van der Waals surface area (Å²) < 4.78 is 10.4. The summed E-state index contributed by atoms with van der Waals surface area (Å²) >= 11 is 0. The van der Waals surface area contributed by atoms with Crippen LogP contribution in [0.2, 0.25) is 0 Å². The number of hydrogen-bond acceptors (Lipinski definition) is 4. The average Bonchev–Trinajstić information content (AvgIpc) is 2.43. The van der Waals surface area contributed by atoms with Crippen LogP contribution in [-0.2, 0) is 9.47 Å². The highest BCUT2D eigenvalue weighted by Gasteiger charge is 2.35. The Kier molecular flexibility index (Phi) is 3.57. The van der Waals surface area contributed by atoms with Gasteiger partial charge in [0.15, 0.2) is 0 Å². The van der Waals surface area contributed by atoms with E-state index in [1.807, 2.05) is 20.8 Å². The van der Waals surface area contributed by atoms with Crippen LogP contribution in [0.3, 0.4) is 0 Å². The lowest BCUT2D eigenvalue weighted by Crippen LogP contribution is -2.36. The van der Waals surface area contributed by atoms with Gasteiger partial charge < -0.3 is 20.1 Å². The molecule has 0 aromatic rings. The molecule has 88 valence electrons. The van der Waals surface area contributed by atoms with Gasteiger partial charge in [-0.25, -0.2) is 4.79 Å². The number of carbonyl (C=O) groups excluding carboxylic acids is 1. The van der Waals surface area contributed by atoms with Crippen molar-refractivity contribution in [1.29, 1.82) is 0 Å². The minimum absolute atomic E-state index is 0.0856. The minimum Gasteiger partial charge on any atom is -0.444 e. The van der Waals surface area contributed by atoms with Gasteiger partial charge in [0.05, 0.1) is 18.7 Å². The highest BCUT2D eigenvalue weighted by molar-refractivity contribution is 5.68. The highest BCUT2D eigenvalue weighted by atomic mass is 16.6. The van der Waals surface area contributed by atoms with Crippen LogP contribution in [0.4, 0.5) is 4.79 Å². The number of hydrogen-bond donors (Lipinski definition) is 1. The molecule has 1 saturated heterocycles. The van der Waals surface area contributed by atoms with Gasteiger partial charge in [0.1, 0.15) is 5.60 Å². The normalized spacial score (nSPS) is 26.9. The summed E-state index contributed by atoms with van der Waals surface area (Å²) in [5.74, 6) is 0. The molecule has 2 N–H and O–H groups in total. The van der Waals surface area contributed by atoms with Crippen LogP contribution in [0.5, 0.6) is 0 Å². The maximum atomic E-state index is 11.7. The van der Waals surface area contributed by atoms with Gasteiger partial charge >= 0.3 is 6.09 Å². The first-order valence-electron chi connectivity index (χ1n) is 5.10. The van der Waals surface area contributed by atoms with E-state index in [0.717, 1.165) is 0 Å². The minimum atomic E-state index is -0.466. The Morgan fingerprint density at radius 2 is 2.00 bits per heavy atom. The molecule has 0 unspecified atom stereocenters. The van der Waals surface area contributed by atoms with Crippen LogP contribution in [0.1, 0.15) is 20.8 Å². The molecule has 0 bridgehead atoms. The predicted molar refractivity (Wildman–Crippen MR) is 56.6 cm³/mol. The van der Waals surface area contributed by atoms with Crippen molar-refractivity contribution in [2.45, 2.75) is 38.5 Å². The third-order valence-electron chi connectivity index (χ3n) is 2.26. The molecule has 1 aliphatic rings. The number of ether oxygens (including phenoxy) is 2. The molecular formula is C10H20N2O3. The first-order chi connectivity index (χ1) is 6.83. The summed E-state index contributed by atoms with van der Waals surface area (Å²) in [4.78, 5) is 13.2. The number of nitrogens with two attached hydrogens (primary N) is 1. The van der Waals surface area contributed by atoms with Gasteiger partial charge in [-0.1, -0.05) is 0 Å². The van der Waals surface area contributed by atoms with Crippen molar-refractivity contribution in [3.05, 3.63) is 0 Å². The third kappa shape index (κ3) is 3.35. The Balaban J connectivity index is 2.50. The van der Waals surface area contributed by atoms with Gasteiger partial charge in [0.2, 0.25) is 0 Å². The number of amides is 1.